The van der Waals surface area contributed by atoms with Crippen molar-refractivity contribution in [2.75, 3.05) is 7.11 Å². The Hall–Kier alpha value is -4.39. The number of Topliss-reactive ketones (excluding diaryl/α,β-unsaturated/α-hetero) is 1. The van der Waals surface area contributed by atoms with Gasteiger partial charge in [-0.3, -0.25) is 4.79 Å². The van der Waals surface area contributed by atoms with Crippen molar-refractivity contribution in [3.05, 3.63) is 88.5 Å². The predicted molar refractivity (Wildman–Crippen MR) is 150 cm³/mol. The van der Waals surface area contributed by atoms with E-state index in [1.165, 1.54) is 14.0 Å². The molecule has 2 heterocycles. The minimum atomic E-state index is -1.74. The SMILES string of the molecule is C=C1Oc2cc(CCCCC)c3c(c2-c2cc(C)ccc21)OC(CC(C)=O)(c1ccc(C(=O)OC)cc1)OC3=O. The highest BCUT2D eigenvalue weighted by atomic mass is 16.7. The fourth-order valence-corrected chi connectivity index (χ4v) is 5.39. The maximum absolute atomic E-state index is 13.9. The first-order valence-corrected chi connectivity index (χ1v) is 13.5. The lowest BCUT2D eigenvalue weighted by Gasteiger charge is -2.40. The molecule has 0 aromatic heterocycles. The van der Waals surface area contributed by atoms with Crippen LogP contribution in [0.1, 0.15) is 82.5 Å². The first-order valence-electron chi connectivity index (χ1n) is 13.5. The minimum Gasteiger partial charge on any atom is -0.465 e. The van der Waals surface area contributed by atoms with Crippen LogP contribution in [-0.4, -0.2) is 24.8 Å². The van der Waals surface area contributed by atoms with Crippen LogP contribution in [0.15, 0.2) is 55.1 Å². The molecule has 2 aliphatic heterocycles. The molecule has 3 aromatic rings. The Morgan fingerprint density at radius 3 is 2.40 bits per heavy atom. The zero-order valence-electron chi connectivity index (χ0n) is 23.2. The van der Waals surface area contributed by atoms with Gasteiger partial charge in [0, 0.05) is 16.7 Å². The smallest absolute Gasteiger partial charge is 0.345 e. The van der Waals surface area contributed by atoms with Gasteiger partial charge in [-0.1, -0.05) is 62.2 Å². The second-order valence-electron chi connectivity index (χ2n) is 10.3. The molecule has 0 fully saturated rings. The highest BCUT2D eigenvalue weighted by molar-refractivity contribution is 6.02. The number of carbonyl (C=O) groups excluding carboxylic acids is 3. The lowest BCUT2D eigenvalue weighted by Crippen LogP contribution is -2.44. The summed E-state index contributed by atoms with van der Waals surface area (Å²) in [7, 11) is 1.30. The van der Waals surface area contributed by atoms with E-state index in [0.29, 0.717) is 45.9 Å². The molecule has 3 aromatic carbocycles. The van der Waals surface area contributed by atoms with Crippen LogP contribution < -0.4 is 9.47 Å². The first kappa shape index (κ1) is 27.2. The number of hydrogen-bond acceptors (Lipinski definition) is 7. The van der Waals surface area contributed by atoms with Crippen LogP contribution in [0.5, 0.6) is 11.5 Å². The van der Waals surface area contributed by atoms with E-state index in [2.05, 4.69) is 13.5 Å². The summed E-state index contributed by atoms with van der Waals surface area (Å²) in [6.07, 6.45) is 3.31. The Morgan fingerprint density at radius 2 is 1.73 bits per heavy atom. The second-order valence-corrected chi connectivity index (χ2v) is 10.3. The molecule has 1 unspecified atom stereocenters. The van der Waals surface area contributed by atoms with E-state index >= 15 is 0 Å². The number of hydrogen-bond donors (Lipinski definition) is 0. The van der Waals surface area contributed by atoms with Crippen molar-refractivity contribution in [3.8, 4) is 22.6 Å². The lowest BCUT2D eigenvalue weighted by molar-refractivity contribution is -0.171. The third-order valence-electron chi connectivity index (χ3n) is 7.31. The largest absolute Gasteiger partial charge is 0.465 e. The van der Waals surface area contributed by atoms with Gasteiger partial charge in [0.1, 0.15) is 22.9 Å². The number of aryl methyl sites for hydroxylation is 2. The number of carbonyl (C=O) groups is 3. The maximum atomic E-state index is 13.9. The van der Waals surface area contributed by atoms with Crippen LogP contribution >= 0.6 is 0 Å². The van der Waals surface area contributed by atoms with Crippen molar-refractivity contribution in [1.29, 1.82) is 0 Å². The van der Waals surface area contributed by atoms with Gasteiger partial charge in [-0.15, -0.1) is 0 Å². The summed E-state index contributed by atoms with van der Waals surface area (Å²) in [6.45, 7) is 9.65. The topological polar surface area (TPSA) is 88.1 Å². The van der Waals surface area contributed by atoms with E-state index in [1.54, 1.807) is 24.3 Å². The Bertz CT molecular complexity index is 1530. The highest BCUT2D eigenvalue weighted by Gasteiger charge is 2.48. The van der Waals surface area contributed by atoms with Crippen LogP contribution in [0.2, 0.25) is 0 Å². The van der Waals surface area contributed by atoms with E-state index in [9.17, 15) is 14.4 Å². The molecule has 206 valence electrons. The predicted octanol–water partition coefficient (Wildman–Crippen LogP) is 6.93. The third-order valence-corrected chi connectivity index (χ3v) is 7.31. The zero-order chi connectivity index (χ0) is 28.6. The molecule has 0 radical (unpaired) electrons. The van der Waals surface area contributed by atoms with Gasteiger partial charge in [0.15, 0.2) is 5.75 Å². The maximum Gasteiger partial charge on any atom is 0.345 e. The molecule has 0 bridgehead atoms. The molecule has 2 aliphatic rings. The van der Waals surface area contributed by atoms with Crippen LogP contribution in [0.25, 0.3) is 16.9 Å². The summed E-state index contributed by atoms with van der Waals surface area (Å²) < 4.78 is 23.8. The van der Waals surface area contributed by atoms with Gasteiger partial charge >= 0.3 is 11.9 Å². The summed E-state index contributed by atoms with van der Waals surface area (Å²) in [5.41, 5.74) is 5.10. The van der Waals surface area contributed by atoms with Gasteiger partial charge in [0.2, 0.25) is 0 Å². The zero-order valence-corrected chi connectivity index (χ0v) is 23.2. The summed E-state index contributed by atoms with van der Waals surface area (Å²) in [4.78, 5) is 38.5. The molecule has 0 saturated heterocycles. The number of esters is 2. The quantitative estimate of drug-likeness (QED) is 0.226. The number of fused-ring (bicyclic) bond motifs is 5. The second kappa shape index (κ2) is 10.6. The van der Waals surface area contributed by atoms with Crippen LogP contribution in [0.4, 0.5) is 0 Å². The van der Waals surface area contributed by atoms with Gasteiger partial charge in [-0.05, 0) is 50.5 Å². The average molecular weight is 541 g/mol. The molecule has 1 atom stereocenters. The van der Waals surface area contributed by atoms with E-state index in [1.807, 2.05) is 31.2 Å². The highest BCUT2D eigenvalue weighted by Crippen LogP contribution is 2.54. The Labute approximate surface area is 233 Å². The summed E-state index contributed by atoms with van der Waals surface area (Å²) in [5.74, 6) is -1.69. The van der Waals surface area contributed by atoms with Gasteiger partial charge in [0.05, 0.1) is 24.7 Å². The van der Waals surface area contributed by atoms with Crippen molar-refractivity contribution < 1.29 is 33.3 Å². The average Bonchev–Trinajstić information content (AvgIpc) is 2.92. The van der Waals surface area contributed by atoms with Gasteiger partial charge in [0.25, 0.3) is 5.79 Å². The van der Waals surface area contributed by atoms with Crippen molar-refractivity contribution in [2.45, 2.75) is 58.7 Å². The first-order chi connectivity index (χ1) is 19.2. The van der Waals surface area contributed by atoms with Crippen LogP contribution in [-0.2, 0) is 26.5 Å². The van der Waals surface area contributed by atoms with E-state index in [0.717, 1.165) is 41.5 Å². The number of ketones is 1. The normalized spacial score (nSPS) is 17.0. The summed E-state index contributed by atoms with van der Waals surface area (Å²) in [5, 5.41) is 0. The van der Waals surface area contributed by atoms with Gasteiger partial charge in [-0.25, -0.2) is 9.59 Å². The lowest BCUT2D eigenvalue weighted by atomic mass is 9.87. The summed E-state index contributed by atoms with van der Waals surface area (Å²) in [6, 6.07) is 14.1. The van der Waals surface area contributed by atoms with Gasteiger partial charge < -0.3 is 18.9 Å². The van der Waals surface area contributed by atoms with Gasteiger partial charge in [-0.2, -0.15) is 0 Å². The van der Waals surface area contributed by atoms with E-state index < -0.39 is 17.7 Å². The molecule has 5 rings (SSSR count). The molecule has 7 nitrogen and oxygen atoms in total. The Morgan fingerprint density at radius 1 is 0.975 bits per heavy atom. The standard InChI is InChI=1S/C33H32O7/c1-6-7-8-9-23-17-27-29(26-16-19(2)10-15-25(26)21(4)38-27)30-28(23)32(36)40-33(39-30,18-20(3)34)24-13-11-22(12-14-24)31(35)37-5/h10-17H,4,6-9,18H2,1-3,5H3. The van der Waals surface area contributed by atoms with Crippen molar-refractivity contribution >= 4 is 23.5 Å². The van der Waals surface area contributed by atoms with Crippen LogP contribution in [0.3, 0.4) is 0 Å². The monoisotopic (exact) mass is 540 g/mol. The molecular weight excluding hydrogens is 508 g/mol. The number of ether oxygens (including phenoxy) is 4. The molecule has 7 heteroatoms. The number of cyclic esters (lactones) is 1. The fourth-order valence-electron chi connectivity index (χ4n) is 5.39. The molecule has 0 saturated carbocycles. The summed E-state index contributed by atoms with van der Waals surface area (Å²) >= 11 is 0. The molecule has 0 N–H and O–H groups in total. The van der Waals surface area contributed by atoms with Crippen molar-refractivity contribution in [2.24, 2.45) is 0 Å². The minimum absolute atomic E-state index is 0.223. The molecule has 0 amide bonds. The third kappa shape index (κ3) is 4.76. The molecule has 0 spiro atoms. The number of unbranched alkanes of at least 4 members (excludes halogenated alkanes) is 2. The van der Waals surface area contributed by atoms with Crippen molar-refractivity contribution in [1.82, 2.24) is 0 Å². The number of rotatable bonds is 8. The molecular formula is C33H32O7. The van der Waals surface area contributed by atoms with Crippen LogP contribution in [0, 0.1) is 6.92 Å². The van der Waals surface area contributed by atoms with Crippen molar-refractivity contribution in [3.63, 3.8) is 0 Å². The number of methoxy groups -OCH3 is 1. The van der Waals surface area contributed by atoms with E-state index in [-0.39, 0.29) is 12.2 Å². The fraction of sp³-hybridized carbons (Fsp3) is 0.303. The number of benzene rings is 3. The Kier molecular flexibility index (Phi) is 7.23. The van der Waals surface area contributed by atoms with E-state index in [4.69, 9.17) is 18.9 Å². The molecule has 0 aliphatic carbocycles. The Balaban J connectivity index is 1.74. The molecule has 40 heavy (non-hydrogen) atoms.